The largest absolute Gasteiger partial charge is 0.423 e. The number of anilines is 2. The molecule has 16 heteroatoms. The lowest BCUT2D eigenvalue weighted by Crippen LogP contribution is -2.49. The zero-order chi connectivity index (χ0) is 33.7. The van der Waals surface area contributed by atoms with Gasteiger partial charge in [-0.05, 0) is 6.92 Å². The number of aromatic nitrogens is 4. The molecule has 2 aromatic heterocycles. The van der Waals surface area contributed by atoms with Gasteiger partial charge in [0.2, 0.25) is 11.9 Å². The topological polar surface area (TPSA) is 116 Å². The number of rotatable bonds is 8. The predicted molar refractivity (Wildman–Crippen MR) is 114 cm³/mol. The summed E-state index contributed by atoms with van der Waals surface area (Å²) in [7, 11) is 0. The number of hydrogen-bond donors (Lipinski definition) is 2. The quantitative estimate of drug-likeness (QED) is 0.393. The molecule has 0 saturated carbocycles. The fourth-order valence-corrected chi connectivity index (χ4v) is 2.69. The van der Waals surface area contributed by atoms with Gasteiger partial charge in [0.15, 0.2) is 0 Å². The van der Waals surface area contributed by atoms with E-state index in [2.05, 4.69) is 20.4 Å². The van der Waals surface area contributed by atoms with E-state index in [0.29, 0.717) is 6.20 Å². The van der Waals surface area contributed by atoms with Gasteiger partial charge in [0.1, 0.15) is 5.56 Å². The Hall–Kier alpha value is -3.43. The summed E-state index contributed by atoms with van der Waals surface area (Å²) in [6.45, 7) is -14.4. The first-order chi connectivity index (χ1) is 19.9. The van der Waals surface area contributed by atoms with Gasteiger partial charge in [-0.3, -0.25) is 9.59 Å². The highest BCUT2D eigenvalue weighted by atomic mass is 19.4. The number of halogens is 6. The average Bonchev–Trinajstić information content (AvgIpc) is 2.84. The third-order valence-electron chi connectivity index (χ3n) is 4.33. The maximum absolute atomic E-state index is 13.2. The van der Waals surface area contributed by atoms with E-state index < -0.39 is 98.2 Å². The van der Waals surface area contributed by atoms with Crippen LogP contribution in [0.4, 0.5) is 38.0 Å². The molecule has 0 spiro atoms. The van der Waals surface area contributed by atoms with Crippen LogP contribution < -0.4 is 15.8 Å². The Bertz CT molecular complexity index is 1400. The highest BCUT2D eigenvalue weighted by Crippen LogP contribution is 2.31. The summed E-state index contributed by atoms with van der Waals surface area (Å²) >= 11 is 0. The molecule has 0 unspecified atom stereocenters. The van der Waals surface area contributed by atoms with Crippen molar-refractivity contribution in [1.29, 1.82) is 0 Å². The van der Waals surface area contributed by atoms with Gasteiger partial charge in [-0.1, -0.05) is 0 Å². The van der Waals surface area contributed by atoms with E-state index in [1.54, 1.807) is 5.10 Å². The van der Waals surface area contributed by atoms with Crippen LogP contribution in [-0.4, -0.2) is 76.2 Å². The van der Waals surface area contributed by atoms with Crippen LogP contribution in [0.15, 0.2) is 23.4 Å². The van der Waals surface area contributed by atoms with Crippen molar-refractivity contribution in [1.82, 2.24) is 25.1 Å². The molecule has 1 fully saturated rings. The molecule has 3 rings (SSSR count). The summed E-state index contributed by atoms with van der Waals surface area (Å²) in [5, 5.41) is 7.32. The molecule has 0 bridgehead atoms. The van der Waals surface area contributed by atoms with E-state index >= 15 is 0 Å². The Labute approximate surface area is 211 Å². The van der Waals surface area contributed by atoms with Crippen LogP contribution in [0.1, 0.15) is 35.4 Å². The van der Waals surface area contributed by atoms with E-state index in [0.717, 1.165) is 0 Å². The maximum Gasteiger partial charge on any atom is 0.423 e. The first kappa shape index (κ1) is 17.9. The molecule has 2 aromatic rings. The fourth-order valence-electron chi connectivity index (χ4n) is 2.69. The number of alkyl halides is 6. The molecule has 1 amide bonds. The number of H-pyrrole nitrogens is 1. The monoisotopic (exact) mass is 531 g/mol. The zero-order valence-electron chi connectivity index (χ0n) is 26.2. The van der Waals surface area contributed by atoms with Crippen LogP contribution in [0.5, 0.6) is 0 Å². The standard InChI is InChI=1S/C20H23F6N7O3/c1-12(30-14-10-29-31-17(35)16(14)20(24,25)26)11-36-7-2-15(34)32-3-5-33(6-4-32)18-27-8-13(9-28-18)19(21,22)23/h8-10,12H,2-7,11H2,1H3,(H2,30,31,35)/t12-/m0/s1/i3D2,4D2,5D2,6D2. The van der Waals surface area contributed by atoms with Crippen LogP contribution in [0, 0.1) is 0 Å². The molecular formula is C20H23F6N7O3. The van der Waals surface area contributed by atoms with Gasteiger partial charge in [0.05, 0.1) is 48.0 Å². The first-order valence-electron chi connectivity index (χ1n) is 13.9. The summed E-state index contributed by atoms with van der Waals surface area (Å²) < 4.78 is 150. The normalized spacial score (nSPS) is 24.5. The number of nitrogens with one attached hydrogen (secondary N) is 2. The van der Waals surface area contributed by atoms with E-state index in [-0.39, 0.29) is 22.2 Å². The Morgan fingerprint density at radius 3 is 2.36 bits per heavy atom. The van der Waals surface area contributed by atoms with E-state index in [1.165, 1.54) is 6.92 Å². The Kier molecular flexibility index (Phi) is 5.52. The highest BCUT2D eigenvalue weighted by Gasteiger charge is 2.37. The Balaban J connectivity index is 1.76. The minimum atomic E-state index is -5.03. The summed E-state index contributed by atoms with van der Waals surface area (Å²) in [5.41, 5.74) is -5.13. The van der Waals surface area contributed by atoms with Gasteiger partial charge in [0, 0.05) is 44.4 Å². The van der Waals surface area contributed by atoms with Crippen molar-refractivity contribution in [2.75, 3.05) is 49.4 Å². The summed E-state index contributed by atoms with van der Waals surface area (Å²) in [6, 6.07) is -0.928. The van der Waals surface area contributed by atoms with Crippen LogP contribution in [0.25, 0.3) is 0 Å². The number of carbonyl (C=O) groups is 1. The second-order valence-electron chi connectivity index (χ2n) is 7.14. The molecule has 198 valence electrons. The molecule has 0 aliphatic carbocycles. The minimum absolute atomic E-state index is 0.167. The number of amides is 1. The van der Waals surface area contributed by atoms with E-state index in [1.807, 2.05) is 0 Å². The number of ether oxygens (including phenoxy) is 1. The van der Waals surface area contributed by atoms with Crippen molar-refractivity contribution < 1.29 is 46.8 Å². The third kappa shape index (κ3) is 7.05. The molecule has 36 heavy (non-hydrogen) atoms. The molecule has 1 atom stereocenters. The Morgan fingerprint density at radius 2 is 1.78 bits per heavy atom. The number of aromatic amines is 1. The highest BCUT2D eigenvalue weighted by molar-refractivity contribution is 5.76. The van der Waals surface area contributed by atoms with Gasteiger partial charge in [0.25, 0.3) is 5.56 Å². The molecule has 1 aliphatic heterocycles. The average molecular weight is 531 g/mol. The second kappa shape index (κ2) is 11.1. The van der Waals surface area contributed by atoms with Crippen molar-refractivity contribution in [3.63, 3.8) is 0 Å². The predicted octanol–water partition coefficient (Wildman–Crippen LogP) is 2.15. The molecule has 10 nitrogen and oxygen atoms in total. The van der Waals surface area contributed by atoms with Crippen molar-refractivity contribution >= 4 is 17.5 Å². The smallest absolute Gasteiger partial charge is 0.379 e. The van der Waals surface area contributed by atoms with Crippen LogP contribution in [0.2, 0.25) is 0 Å². The van der Waals surface area contributed by atoms with Gasteiger partial charge < -0.3 is 19.9 Å². The molecule has 0 aromatic carbocycles. The van der Waals surface area contributed by atoms with Crippen molar-refractivity contribution in [2.45, 2.75) is 31.7 Å². The number of nitrogens with zero attached hydrogens (tertiary/aromatic N) is 5. The van der Waals surface area contributed by atoms with Crippen molar-refractivity contribution in [3.05, 3.63) is 40.1 Å². The molecule has 3 heterocycles. The third-order valence-corrected chi connectivity index (χ3v) is 4.33. The SMILES string of the molecule is [2H]C1([2H])N(C(=O)CCOC[C@H](C)Nc2cn[nH]c(=O)c2C(F)(F)F)C([2H])([2H])C([2H])([2H])N(c2ncc(C(F)(F)F)cn2)C1([2H])[2H]. The second-order valence-corrected chi connectivity index (χ2v) is 7.14. The van der Waals surface area contributed by atoms with Crippen molar-refractivity contribution in [3.8, 4) is 0 Å². The lowest BCUT2D eigenvalue weighted by Gasteiger charge is -2.34. The van der Waals surface area contributed by atoms with Gasteiger partial charge in [-0.25, -0.2) is 15.1 Å². The zero-order valence-corrected chi connectivity index (χ0v) is 18.2. The molecule has 1 aliphatic rings. The van der Waals surface area contributed by atoms with Crippen LogP contribution in [0.3, 0.4) is 0 Å². The Morgan fingerprint density at radius 1 is 1.14 bits per heavy atom. The minimum Gasteiger partial charge on any atom is -0.379 e. The van der Waals surface area contributed by atoms with E-state index in [4.69, 9.17) is 15.7 Å². The molecule has 2 N–H and O–H groups in total. The van der Waals surface area contributed by atoms with Crippen LogP contribution in [-0.2, 0) is 21.9 Å². The van der Waals surface area contributed by atoms with Gasteiger partial charge >= 0.3 is 12.4 Å². The molecule has 0 radical (unpaired) electrons. The van der Waals surface area contributed by atoms with E-state index in [9.17, 15) is 35.9 Å². The van der Waals surface area contributed by atoms with Crippen LogP contribution >= 0.6 is 0 Å². The lowest BCUT2D eigenvalue weighted by molar-refractivity contribution is -0.139. The first-order valence-corrected chi connectivity index (χ1v) is 9.90. The summed E-state index contributed by atoms with van der Waals surface area (Å²) in [4.78, 5) is 30.5. The fraction of sp³-hybridized carbons (Fsp3) is 0.550. The summed E-state index contributed by atoms with van der Waals surface area (Å²) in [6.07, 6.45) is -9.77. The lowest BCUT2D eigenvalue weighted by atomic mass is 10.2. The van der Waals surface area contributed by atoms with Gasteiger partial charge in [-0.2, -0.15) is 31.4 Å². The number of hydrogen-bond acceptors (Lipinski definition) is 8. The number of carbonyl (C=O) groups excluding carboxylic acids is 1. The molecular weight excluding hydrogens is 500 g/mol. The number of piperazine rings is 1. The van der Waals surface area contributed by atoms with Crippen molar-refractivity contribution in [2.24, 2.45) is 0 Å². The molecule has 1 saturated heterocycles. The maximum atomic E-state index is 13.2. The van der Waals surface area contributed by atoms with Gasteiger partial charge in [-0.15, -0.1) is 0 Å². The summed E-state index contributed by atoms with van der Waals surface area (Å²) in [5.74, 6) is -2.62.